The van der Waals surface area contributed by atoms with Crippen molar-refractivity contribution in [2.75, 3.05) is 18.0 Å². The standard InChI is InChI=1S/C14H21FN2/c15-13-6-7-14(12(10-13)11-16)17-8-4-2-1-3-5-9-17/h6-7,10H,1-5,8-9,11,16H2. The van der Waals surface area contributed by atoms with Gasteiger partial charge in [-0.05, 0) is 36.6 Å². The smallest absolute Gasteiger partial charge is 0.123 e. The number of hydrogen-bond donors (Lipinski definition) is 1. The average Bonchev–Trinajstić information content (AvgIpc) is 2.29. The topological polar surface area (TPSA) is 29.3 Å². The van der Waals surface area contributed by atoms with Gasteiger partial charge in [0.15, 0.2) is 0 Å². The Morgan fingerprint density at radius 2 is 1.71 bits per heavy atom. The monoisotopic (exact) mass is 236 g/mol. The Bertz CT molecular complexity index is 357. The predicted molar refractivity (Wildman–Crippen MR) is 69.6 cm³/mol. The van der Waals surface area contributed by atoms with E-state index in [2.05, 4.69) is 4.90 Å². The van der Waals surface area contributed by atoms with Gasteiger partial charge in [0.25, 0.3) is 0 Å². The minimum Gasteiger partial charge on any atom is -0.371 e. The largest absolute Gasteiger partial charge is 0.371 e. The zero-order chi connectivity index (χ0) is 12.1. The van der Waals surface area contributed by atoms with Crippen molar-refractivity contribution in [1.82, 2.24) is 0 Å². The van der Waals surface area contributed by atoms with Crippen LogP contribution in [0.25, 0.3) is 0 Å². The van der Waals surface area contributed by atoms with Crippen LogP contribution >= 0.6 is 0 Å². The SMILES string of the molecule is NCc1cc(F)ccc1N1CCCCCCC1. The van der Waals surface area contributed by atoms with Crippen LogP contribution in [0.1, 0.15) is 37.7 Å². The number of benzene rings is 1. The molecule has 2 N–H and O–H groups in total. The predicted octanol–water partition coefficient (Wildman–Crippen LogP) is 3.05. The van der Waals surface area contributed by atoms with Gasteiger partial charge in [-0.2, -0.15) is 0 Å². The molecule has 0 atom stereocenters. The van der Waals surface area contributed by atoms with Crippen LogP contribution in [-0.4, -0.2) is 13.1 Å². The van der Waals surface area contributed by atoms with E-state index in [1.165, 1.54) is 38.2 Å². The second kappa shape index (κ2) is 6.01. The van der Waals surface area contributed by atoms with Crippen molar-refractivity contribution in [3.8, 4) is 0 Å². The van der Waals surface area contributed by atoms with Crippen LogP contribution in [0.2, 0.25) is 0 Å². The molecule has 94 valence electrons. The summed E-state index contributed by atoms with van der Waals surface area (Å²) in [6.07, 6.45) is 6.40. The molecule has 0 aliphatic carbocycles. The Hall–Kier alpha value is -1.09. The normalized spacial score (nSPS) is 17.6. The maximum Gasteiger partial charge on any atom is 0.123 e. The summed E-state index contributed by atoms with van der Waals surface area (Å²) in [6, 6.07) is 4.97. The average molecular weight is 236 g/mol. The Morgan fingerprint density at radius 1 is 1.06 bits per heavy atom. The number of nitrogens with two attached hydrogens (primary N) is 1. The fraction of sp³-hybridized carbons (Fsp3) is 0.571. The molecule has 0 amide bonds. The summed E-state index contributed by atoms with van der Waals surface area (Å²) in [7, 11) is 0. The van der Waals surface area contributed by atoms with Crippen molar-refractivity contribution in [3.05, 3.63) is 29.6 Å². The van der Waals surface area contributed by atoms with E-state index in [4.69, 9.17) is 5.73 Å². The first-order valence-electron chi connectivity index (χ1n) is 6.54. The van der Waals surface area contributed by atoms with Gasteiger partial charge in [-0.15, -0.1) is 0 Å². The first-order valence-corrected chi connectivity index (χ1v) is 6.54. The van der Waals surface area contributed by atoms with Gasteiger partial charge in [-0.3, -0.25) is 0 Å². The number of halogens is 1. The lowest BCUT2D eigenvalue weighted by atomic mass is 10.1. The molecule has 1 aliphatic heterocycles. The maximum atomic E-state index is 13.2. The van der Waals surface area contributed by atoms with Crippen LogP contribution in [0.5, 0.6) is 0 Å². The van der Waals surface area contributed by atoms with Crippen LogP contribution < -0.4 is 10.6 Å². The van der Waals surface area contributed by atoms with E-state index in [9.17, 15) is 4.39 Å². The van der Waals surface area contributed by atoms with E-state index in [1.807, 2.05) is 6.07 Å². The number of nitrogens with zero attached hydrogens (tertiary/aromatic N) is 1. The third kappa shape index (κ3) is 3.19. The van der Waals surface area contributed by atoms with Gasteiger partial charge in [-0.1, -0.05) is 19.3 Å². The molecule has 0 spiro atoms. The first kappa shape index (κ1) is 12.4. The Morgan fingerprint density at radius 3 is 2.35 bits per heavy atom. The molecule has 1 aromatic carbocycles. The fourth-order valence-corrected chi connectivity index (χ4v) is 2.51. The zero-order valence-electron chi connectivity index (χ0n) is 10.3. The third-order valence-corrected chi connectivity index (χ3v) is 3.46. The van der Waals surface area contributed by atoms with E-state index in [1.54, 1.807) is 6.07 Å². The van der Waals surface area contributed by atoms with Crippen molar-refractivity contribution in [2.24, 2.45) is 5.73 Å². The van der Waals surface area contributed by atoms with E-state index in [0.29, 0.717) is 6.54 Å². The van der Waals surface area contributed by atoms with Crippen molar-refractivity contribution >= 4 is 5.69 Å². The Labute approximate surface area is 103 Å². The van der Waals surface area contributed by atoms with Gasteiger partial charge in [0.1, 0.15) is 5.82 Å². The quantitative estimate of drug-likeness (QED) is 0.855. The van der Waals surface area contributed by atoms with Crippen LogP contribution in [0.15, 0.2) is 18.2 Å². The van der Waals surface area contributed by atoms with E-state index in [0.717, 1.165) is 24.3 Å². The molecular formula is C14H21FN2. The molecular weight excluding hydrogens is 215 g/mol. The zero-order valence-corrected chi connectivity index (χ0v) is 10.3. The molecule has 0 radical (unpaired) electrons. The minimum atomic E-state index is -0.193. The lowest BCUT2D eigenvalue weighted by Gasteiger charge is -2.28. The fourth-order valence-electron chi connectivity index (χ4n) is 2.51. The summed E-state index contributed by atoms with van der Waals surface area (Å²) in [6.45, 7) is 2.54. The summed E-state index contributed by atoms with van der Waals surface area (Å²) >= 11 is 0. The van der Waals surface area contributed by atoms with Crippen molar-refractivity contribution in [3.63, 3.8) is 0 Å². The molecule has 0 aromatic heterocycles. The van der Waals surface area contributed by atoms with Gasteiger partial charge in [-0.25, -0.2) is 4.39 Å². The summed E-state index contributed by atoms with van der Waals surface area (Å²) in [4.78, 5) is 2.36. The first-order chi connectivity index (χ1) is 8.31. The lowest BCUT2D eigenvalue weighted by Crippen LogP contribution is -2.28. The minimum absolute atomic E-state index is 0.193. The van der Waals surface area contributed by atoms with Crippen LogP contribution in [-0.2, 0) is 6.54 Å². The highest BCUT2D eigenvalue weighted by Gasteiger charge is 2.12. The molecule has 1 heterocycles. The third-order valence-electron chi connectivity index (χ3n) is 3.46. The highest BCUT2D eigenvalue weighted by Crippen LogP contribution is 2.24. The maximum absolute atomic E-state index is 13.2. The molecule has 1 aliphatic rings. The molecule has 0 bridgehead atoms. The van der Waals surface area contributed by atoms with Crippen molar-refractivity contribution < 1.29 is 4.39 Å². The summed E-state index contributed by atoms with van der Waals surface area (Å²) in [5, 5.41) is 0. The van der Waals surface area contributed by atoms with Crippen LogP contribution in [0, 0.1) is 5.82 Å². The second-order valence-electron chi connectivity index (χ2n) is 4.73. The molecule has 3 heteroatoms. The molecule has 0 unspecified atom stereocenters. The van der Waals surface area contributed by atoms with E-state index >= 15 is 0 Å². The molecule has 1 saturated heterocycles. The lowest BCUT2D eigenvalue weighted by molar-refractivity contribution is 0.555. The van der Waals surface area contributed by atoms with Crippen molar-refractivity contribution in [1.29, 1.82) is 0 Å². The second-order valence-corrected chi connectivity index (χ2v) is 4.73. The Balaban J connectivity index is 2.18. The van der Waals surface area contributed by atoms with Crippen LogP contribution in [0.3, 0.4) is 0 Å². The molecule has 17 heavy (non-hydrogen) atoms. The van der Waals surface area contributed by atoms with E-state index in [-0.39, 0.29) is 5.82 Å². The summed E-state index contributed by atoms with van der Waals surface area (Å²) < 4.78 is 13.2. The number of anilines is 1. The van der Waals surface area contributed by atoms with E-state index < -0.39 is 0 Å². The Kier molecular flexibility index (Phi) is 4.37. The molecule has 1 aromatic rings. The van der Waals surface area contributed by atoms with Gasteiger partial charge >= 0.3 is 0 Å². The summed E-state index contributed by atoms with van der Waals surface area (Å²) in [5.74, 6) is -0.193. The summed E-state index contributed by atoms with van der Waals surface area (Å²) in [5.41, 5.74) is 7.75. The van der Waals surface area contributed by atoms with Gasteiger partial charge in [0, 0.05) is 25.3 Å². The van der Waals surface area contributed by atoms with Gasteiger partial charge in [0.2, 0.25) is 0 Å². The van der Waals surface area contributed by atoms with Crippen LogP contribution in [0.4, 0.5) is 10.1 Å². The van der Waals surface area contributed by atoms with Gasteiger partial charge < -0.3 is 10.6 Å². The molecule has 2 nitrogen and oxygen atoms in total. The van der Waals surface area contributed by atoms with Gasteiger partial charge in [0.05, 0.1) is 0 Å². The molecule has 1 fully saturated rings. The van der Waals surface area contributed by atoms with Crippen molar-refractivity contribution in [2.45, 2.75) is 38.6 Å². The number of hydrogen-bond acceptors (Lipinski definition) is 2. The molecule has 2 rings (SSSR count). The highest BCUT2D eigenvalue weighted by molar-refractivity contribution is 5.53. The number of rotatable bonds is 2. The molecule has 0 saturated carbocycles. The highest BCUT2D eigenvalue weighted by atomic mass is 19.1.